The molecule has 4 heteroatoms. The van der Waals surface area contributed by atoms with Gasteiger partial charge in [0, 0.05) is 14.1 Å². The van der Waals surface area contributed by atoms with Gasteiger partial charge in [-0.25, -0.2) is 0 Å². The summed E-state index contributed by atoms with van der Waals surface area (Å²) in [5.74, 6) is 0.185. The fraction of sp³-hybridized carbons (Fsp3) is 0.571. The minimum atomic E-state index is -0.645. The molecule has 0 aromatic rings. The van der Waals surface area contributed by atoms with Crippen LogP contribution >= 0.6 is 0 Å². The molecular weight excluding hydrogens is 228 g/mol. The Labute approximate surface area is 107 Å². The predicted octanol–water partition coefficient (Wildman–Crippen LogP) is 0.806. The van der Waals surface area contributed by atoms with Gasteiger partial charge < -0.3 is 9.80 Å². The van der Waals surface area contributed by atoms with Gasteiger partial charge in [-0.15, -0.1) is 0 Å². The van der Waals surface area contributed by atoms with Crippen molar-refractivity contribution in [1.82, 2.24) is 9.80 Å². The summed E-state index contributed by atoms with van der Waals surface area (Å²) in [7, 11) is 3.59. The Hall–Kier alpha value is -1.58. The first-order valence-electron chi connectivity index (χ1n) is 6.25. The molecule has 5 heterocycles. The standard InChI is InChI=1S/C14H18N2O2/c1-13-7-5-10(16(4)11(13)17)14(2)8-6-9(13)15(3)12(14)18/h5-10H,1-4H3/t9-,10-,13-,14-/m0/s1. The summed E-state index contributed by atoms with van der Waals surface area (Å²) in [6.45, 7) is 3.82. The summed E-state index contributed by atoms with van der Waals surface area (Å²) in [5, 5.41) is 0. The van der Waals surface area contributed by atoms with Gasteiger partial charge in [0.15, 0.2) is 0 Å². The van der Waals surface area contributed by atoms with Crippen molar-refractivity contribution in [3.05, 3.63) is 24.3 Å². The van der Waals surface area contributed by atoms with Crippen LogP contribution in [0.25, 0.3) is 0 Å². The Morgan fingerprint density at radius 2 is 1.22 bits per heavy atom. The Bertz CT molecular complexity index is 464. The van der Waals surface area contributed by atoms with E-state index in [-0.39, 0.29) is 23.9 Å². The van der Waals surface area contributed by atoms with Crippen LogP contribution in [0.4, 0.5) is 0 Å². The van der Waals surface area contributed by atoms with Crippen LogP contribution in [-0.2, 0) is 9.59 Å². The van der Waals surface area contributed by atoms with Gasteiger partial charge in [-0.1, -0.05) is 24.3 Å². The molecule has 18 heavy (non-hydrogen) atoms. The second-order valence-corrected chi connectivity index (χ2v) is 6.01. The number of nitrogens with zero attached hydrogens (tertiary/aromatic N) is 2. The highest BCUT2D eigenvalue weighted by Gasteiger charge is 2.58. The Kier molecular flexibility index (Phi) is 1.95. The van der Waals surface area contributed by atoms with Crippen molar-refractivity contribution < 1.29 is 9.59 Å². The molecule has 5 aliphatic heterocycles. The molecule has 6 rings (SSSR count). The van der Waals surface area contributed by atoms with Crippen molar-refractivity contribution in [3.8, 4) is 0 Å². The van der Waals surface area contributed by atoms with Gasteiger partial charge >= 0.3 is 0 Å². The number of amides is 2. The highest BCUT2D eigenvalue weighted by atomic mass is 16.2. The molecule has 0 spiro atoms. The quantitative estimate of drug-likeness (QED) is 0.593. The van der Waals surface area contributed by atoms with Crippen LogP contribution in [0.15, 0.2) is 24.3 Å². The van der Waals surface area contributed by atoms with Gasteiger partial charge in [-0.3, -0.25) is 9.59 Å². The molecule has 0 radical (unpaired) electrons. The average Bonchev–Trinajstić information content (AvgIpc) is 2.32. The molecule has 0 N–H and O–H groups in total. The van der Waals surface area contributed by atoms with Gasteiger partial charge in [0.2, 0.25) is 11.8 Å². The van der Waals surface area contributed by atoms with E-state index in [9.17, 15) is 9.59 Å². The first-order chi connectivity index (χ1) is 8.32. The summed E-state index contributed by atoms with van der Waals surface area (Å²) in [4.78, 5) is 28.6. The number of rotatable bonds is 0. The Morgan fingerprint density at radius 3 is 1.56 bits per heavy atom. The van der Waals surface area contributed by atoms with E-state index in [1.807, 2.05) is 38.2 Å². The largest absolute Gasteiger partial charge is 0.337 e. The summed E-state index contributed by atoms with van der Waals surface area (Å²) >= 11 is 0. The van der Waals surface area contributed by atoms with E-state index >= 15 is 0 Å². The van der Waals surface area contributed by atoms with Crippen molar-refractivity contribution in [2.75, 3.05) is 14.1 Å². The van der Waals surface area contributed by atoms with E-state index in [0.717, 1.165) is 0 Å². The lowest BCUT2D eigenvalue weighted by Crippen LogP contribution is -2.68. The highest BCUT2D eigenvalue weighted by molar-refractivity contribution is 5.95. The van der Waals surface area contributed by atoms with Crippen LogP contribution in [0.1, 0.15) is 13.8 Å². The third kappa shape index (κ3) is 1.02. The minimum absolute atomic E-state index is 0.0925. The maximum Gasteiger partial charge on any atom is 0.235 e. The monoisotopic (exact) mass is 246 g/mol. The molecule has 0 aromatic heterocycles. The lowest BCUT2D eigenvalue weighted by Gasteiger charge is -2.55. The van der Waals surface area contributed by atoms with Crippen molar-refractivity contribution in [1.29, 1.82) is 0 Å². The molecule has 4 nitrogen and oxygen atoms in total. The van der Waals surface area contributed by atoms with Gasteiger partial charge in [0.25, 0.3) is 0 Å². The molecule has 0 aromatic carbocycles. The van der Waals surface area contributed by atoms with Crippen LogP contribution in [0.3, 0.4) is 0 Å². The zero-order valence-electron chi connectivity index (χ0n) is 11.2. The van der Waals surface area contributed by atoms with E-state index in [0.29, 0.717) is 0 Å². The van der Waals surface area contributed by atoms with E-state index in [4.69, 9.17) is 0 Å². The molecule has 6 aliphatic rings. The van der Waals surface area contributed by atoms with Gasteiger partial charge in [0.1, 0.15) is 0 Å². The van der Waals surface area contributed by atoms with Crippen molar-refractivity contribution >= 4 is 11.8 Å². The third-order valence-corrected chi connectivity index (χ3v) is 4.88. The second kappa shape index (κ2) is 3.05. The van der Waals surface area contributed by atoms with Gasteiger partial charge in [-0.05, 0) is 13.8 Å². The number of carbonyl (C=O) groups excluding carboxylic acids is 2. The average molecular weight is 246 g/mol. The first kappa shape index (κ1) is 11.5. The van der Waals surface area contributed by atoms with Crippen molar-refractivity contribution in [2.24, 2.45) is 10.8 Å². The summed E-state index contributed by atoms with van der Waals surface area (Å²) in [6.07, 6.45) is 8.00. The fourth-order valence-electron chi connectivity index (χ4n) is 3.65. The lowest BCUT2D eigenvalue weighted by atomic mass is 9.65. The summed E-state index contributed by atoms with van der Waals surface area (Å²) < 4.78 is 0. The molecule has 1 fully saturated rings. The van der Waals surface area contributed by atoms with Crippen LogP contribution in [0.5, 0.6) is 0 Å². The molecule has 96 valence electrons. The van der Waals surface area contributed by atoms with E-state index in [1.54, 1.807) is 23.9 Å². The minimum Gasteiger partial charge on any atom is -0.337 e. The van der Waals surface area contributed by atoms with Crippen LogP contribution in [0, 0.1) is 10.8 Å². The molecule has 0 unspecified atom stereocenters. The van der Waals surface area contributed by atoms with E-state index < -0.39 is 10.8 Å². The summed E-state index contributed by atoms with van der Waals surface area (Å²) in [5.41, 5.74) is -1.29. The zero-order chi connectivity index (χ0) is 13.3. The maximum absolute atomic E-state index is 12.6. The topological polar surface area (TPSA) is 40.6 Å². The molecular formula is C14H18N2O2. The third-order valence-electron chi connectivity index (χ3n) is 4.88. The number of likely N-dealkylation sites (N-methyl/N-ethyl adjacent to an activating group) is 2. The maximum atomic E-state index is 12.6. The normalized spacial score (nSPS) is 45.8. The smallest absolute Gasteiger partial charge is 0.235 e. The van der Waals surface area contributed by atoms with E-state index in [1.165, 1.54) is 0 Å². The molecule has 2 amide bonds. The number of carbonyl (C=O) groups is 2. The Morgan fingerprint density at radius 1 is 0.889 bits per heavy atom. The summed E-state index contributed by atoms with van der Waals surface area (Å²) in [6, 6.07) is -0.379. The fourth-order valence-corrected chi connectivity index (χ4v) is 3.65. The lowest BCUT2D eigenvalue weighted by molar-refractivity contribution is -0.159. The Balaban J connectivity index is 2.30. The highest BCUT2D eigenvalue weighted by Crippen LogP contribution is 2.47. The molecule has 0 saturated carbocycles. The van der Waals surface area contributed by atoms with Crippen LogP contribution in [0.2, 0.25) is 0 Å². The molecule has 1 saturated heterocycles. The van der Waals surface area contributed by atoms with Crippen molar-refractivity contribution in [3.63, 3.8) is 0 Å². The van der Waals surface area contributed by atoms with Gasteiger partial charge in [0.05, 0.1) is 22.9 Å². The first-order valence-corrected chi connectivity index (χ1v) is 6.25. The predicted molar refractivity (Wildman–Crippen MR) is 67.6 cm³/mol. The van der Waals surface area contributed by atoms with Crippen molar-refractivity contribution in [2.45, 2.75) is 25.9 Å². The van der Waals surface area contributed by atoms with Crippen LogP contribution < -0.4 is 0 Å². The molecule has 4 atom stereocenters. The van der Waals surface area contributed by atoms with Gasteiger partial charge in [-0.2, -0.15) is 0 Å². The second-order valence-electron chi connectivity index (χ2n) is 6.01. The number of hydrogen-bond donors (Lipinski definition) is 0. The van der Waals surface area contributed by atoms with Crippen LogP contribution in [-0.4, -0.2) is 47.8 Å². The molecule has 4 bridgehead atoms. The molecule has 1 aliphatic carbocycles. The SMILES string of the molecule is CN1C(=O)[C@@]2(C)C=C[C@H]1[C@]1(C)C=C[C@@H]2N(C)C1=O. The zero-order valence-corrected chi connectivity index (χ0v) is 11.2. The number of hydrogen-bond acceptors (Lipinski definition) is 2. The van der Waals surface area contributed by atoms with E-state index in [2.05, 4.69) is 0 Å².